The molecule has 0 heterocycles. The molecule has 0 unspecified atom stereocenters. The summed E-state index contributed by atoms with van der Waals surface area (Å²) in [6, 6.07) is 0. The molecule has 1 aliphatic carbocycles. The van der Waals surface area contributed by atoms with Gasteiger partial charge in [-0.3, -0.25) is 9.59 Å². The van der Waals surface area contributed by atoms with E-state index >= 15 is 0 Å². The van der Waals surface area contributed by atoms with Gasteiger partial charge in [-0.25, -0.2) is 0 Å². The molecule has 1 rings (SSSR count). The average molecular weight is 241 g/mol. The fourth-order valence-corrected chi connectivity index (χ4v) is 2.36. The van der Waals surface area contributed by atoms with Gasteiger partial charge in [-0.05, 0) is 25.2 Å². The first kappa shape index (κ1) is 14.0. The standard InChI is InChI=1S/C13H23NO3/c1-9(2)7-8-14-12(15)10-5-3-4-6-11(10)13(16)17/h9-11H,3-8H2,1-2H3,(H,14,15)(H,16,17)/t10-,11+/m1/s1. The second-order valence-electron chi connectivity index (χ2n) is 5.31. The van der Waals surface area contributed by atoms with Crippen LogP contribution in [0.1, 0.15) is 46.0 Å². The molecule has 4 nitrogen and oxygen atoms in total. The van der Waals surface area contributed by atoms with Crippen LogP contribution >= 0.6 is 0 Å². The highest BCUT2D eigenvalue weighted by atomic mass is 16.4. The van der Waals surface area contributed by atoms with E-state index in [-0.39, 0.29) is 11.8 Å². The van der Waals surface area contributed by atoms with E-state index in [1.807, 2.05) is 0 Å². The third kappa shape index (κ3) is 4.36. The Bertz CT molecular complexity index is 276. The molecule has 0 aromatic heterocycles. The summed E-state index contributed by atoms with van der Waals surface area (Å²) >= 11 is 0. The summed E-state index contributed by atoms with van der Waals surface area (Å²) in [7, 11) is 0. The minimum absolute atomic E-state index is 0.0715. The van der Waals surface area contributed by atoms with Crippen LogP contribution in [0, 0.1) is 17.8 Å². The van der Waals surface area contributed by atoms with Crippen LogP contribution in [0.15, 0.2) is 0 Å². The van der Waals surface area contributed by atoms with Crippen molar-refractivity contribution in [2.45, 2.75) is 46.0 Å². The zero-order valence-corrected chi connectivity index (χ0v) is 10.7. The molecule has 0 bridgehead atoms. The van der Waals surface area contributed by atoms with Crippen LogP contribution in [0.25, 0.3) is 0 Å². The van der Waals surface area contributed by atoms with E-state index in [1.165, 1.54) is 0 Å². The van der Waals surface area contributed by atoms with Gasteiger partial charge in [0.15, 0.2) is 0 Å². The summed E-state index contributed by atoms with van der Waals surface area (Å²) in [4.78, 5) is 23.0. The Balaban J connectivity index is 2.45. The highest BCUT2D eigenvalue weighted by Crippen LogP contribution is 2.30. The summed E-state index contributed by atoms with van der Waals surface area (Å²) < 4.78 is 0. The van der Waals surface area contributed by atoms with Crippen molar-refractivity contribution < 1.29 is 14.7 Å². The van der Waals surface area contributed by atoms with Crippen molar-refractivity contribution in [1.82, 2.24) is 5.32 Å². The van der Waals surface area contributed by atoms with E-state index in [9.17, 15) is 9.59 Å². The second-order valence-corrected chi connectivity index (χ2v) is 5.31. The number of rotatable bonds is 5. The molecule has 1 aliphatic rings. The van der Waals surface area contributed by atoms with Gasteiger partial charge in [0.25, 0.3) is 0 Å². The van der Waals surface area contributed by atoms with Gasteiger partial charge in [0.2, 0.25) is 5.91 Å². The topological polar surface area (TPSA) is 66.4 Å². The maximum Gasteiger partial charge on any atom is 0.307 e. The fraction of sp³-hybridized carbons (Fsp3) is 0.846. The lowest BCUT2D eigenvalue weighted by molar-refractivity contribution is -0.148. The van der Waals surface area contributed by atoms with Crippen LogP contribution < -0.4 is 5.32 Å². The van der Waals surface area contributed by atoms with Crippen LogP contribution in [-0.4, -0.2) is 23.5 Å². The SMILES string of the molecule is CC(C)CCNC(=O)[C@@H]1CCCC[C@@H]1C(=O)O. The third-order valence-corrected chi connectivity index (χ3v) is 3.44. The first-order valence-electron chi connectivity index (χ1n) is 6.53. The number of nitrogens with one attached hydrogen (secondary N) is 1. The minimum Gasteiger partial charge on any atom is -0.481 e. The van der Waals surface area contributed by atoms with Gasteiger partial charge >= 0.3 is 5.97 Å². The molecule has 17 heavy (non-hydrogen) atoms. The van der Waals surface area contributed by atoms with E-state index in [0.717, 1.165) is 19.3 Å². The number of carbonyl (C=O) groups is 2. The molecule has 1 saturated carbocycles. The lowest BCUT2D eigenvalue weighted by Crippen LogP contribution is -2.40. The molecule has 98 valence electrons. The first-order valence-corrected chi connectivity index (χ1v) is 6.53. The average Bonchev–Trinajstić information content (AvgIpc) is 2.28. The zero-order chi connectivity index (χ0) is 12.8. The first-order chi connectivity index (χ1) is 8.02. The predicted octanol–water partition coefficient (Wildman–Crippen LogP) is 2.04. The fourth-order valence-electron chi connectivity index (χ4n) is 2.36. The molecule has 4 heteroatoms. The molecule has 1 fully saturated rings. The summed E-state index contributed by atoms with van der Waals surface area (Å²) in [6.45, 7) is 4.86. The van der Waals surface area contributed by atoms with Crippen molar-refractivity contribution in [3.8, 4) is 0 Å². The van der Waals surface area contributed by atoms with Gasteiger partial charge in [0.05, 0.1) is 11.8 Å². The molecule has 0 aliphatic heterocycles. The van der Waals surface area contributed by atoms with Crippen LogP contribution in [0.3, 0.4) is 0 Å². The Labute approximate surface area is 103 Å². The minimum atomic E-state index is -0.825. The molecular formula is C13H23NO3. The smallest absolute Gasteiger partial charge is 0.307 e. The molecule has 0 aromatic carbocycles. The summed E-state index contributed by atoms with van der Waals surface area (Å²) in [6.07, 6.45) is 4.18. The van der Waals surface area contributed by atoms with Crippen molar-refractivity contribution in [3.63, 3.8) is 0 Å². The Hall–Kier alpha value is -1.06. The molecule has 0 radical (unpaired) electrons. The third-order valence-electron chi connectivity index (χ3n) is 3.44. The van der Waals surface area contributed by atoms with Gasteiger partial charge in [-0.1, -0.05) is 26.7 Å². The van der Waals surface area contributed by atoms with Crippen LogP contribution in [0.5, 0.6) is 0 Å². The van der Waals surface area contributed by atoms with Crippen molar-refractivity contribution in [2.24, 2.45) is 17.8 Å². The van der Waals surface area contributed by atoms with Crippen molar-refractivity contribution >= 4 is 11.9 Å². The summed E-state index contributed by atoms with van der Waals surface area (Å²) in [5, 5.41) is 12.0. The summed E-state index contributed by atoms with van der Waals surface area (Å²) in [5.74, 6) is -1.15. The molecule has 0 saturated heterocycles. The zero-order valence-electron chi connectivity index (χ0n) is 10.7. The van der Waals surface area contributed by atoms with Crippen molar-refractivity contribution in [2.75, 3.05) is 6.54 Å². The molecule has 2 N–H and O–H groups in total. The maximum absolute atomic E-state index is 11.9. The van der Waals surface area contributed by atoms with Crippen molar-refractivity contribution in [3.05, 3.63) is 0 Å². The number of aliphatic carboxylic acids is 1. The number of carboxylic acids is 1. The van der Waals surface area contributed by atoms with Crippen LogP contribution in [0.4, 0.5) is 0 Å². The number of carboxylic acid groups (broad SMARTS) is 1. The van der Waals surface area contributed by atoms with E-state index in [2.05, 4.69) is 19.2 Å². The number of hydrogen-bond donors (Lipinski definition) is 2. The highest BCUT2D eigenvalue weighted by Gasteiger charge is 2.35. The molecule has 2 atom stereocenters. The van der Waals surface area contributed by atoms with Gasteiger partial charge in [0.1, 0.15) is 0 Å². The van der Waals surface area contributed by atoms with E-state index in [4.69, 9.17) is 5.11 Å². The molecule has 1 amide bonds. The van der Waals surface area contributed by atoms with Crippen molar-refractivity contribution in [1.29, 1.82) is 0 Å². The van der Waals surface area contributed by atoms with E-state index in [0.29, 0.717) is 25.3 Å². The Morgan fingerprint density at radius 2 is 1.82 bits per heavy atom. The number of hydrogen-bond acceptors (Lipinski definition) is 2. The van der Waals surface area contributed by atoms with Crippen LogP contribution in [0.2, 0.25) is 0 Å². The predicted molar refractivity (Wildman–Crippen MR) is 65.5 cm³/mol. The molecule has 0 spiro atoms. The largest absolute Gasteiger partial charge is 0.481 e. The Kier molecular flexibility index (Phi) is 5.45. The quantitative estimate of drug-likeness (QED) is 0.774. The van der Waals surface area contributed by atoms with E-state index in [1.54, 1.807) is 0 Å². The maximum atomic E-state index is 11.9. The Morgan fingerprint density at radius 3 is 2.35 bits per heavy atom. The van der Waals surface area contributed by atoms with Gasteiger partial charge in [-0.15, -0.1) is 0 Å². The van der Waals surface area contributed by atoms with E-state index < -0.39 is 11.9 Å². The van der Waals surface area contributed by atoms with Gasteiger partial charge in [0, 0.05) is 6.54 Å². The Morgan fingerprint density at radius 1 is 1.24 bits per heavy atom. The van der Waals surface area contributed by atoms with Gasteiger partial charge in [-0.2, -0.15) is 0 Å². The summed E-state index contributed by atoms with van der Waals surface area (Å²) in [5.41, 5.74) is 0. The second kappa shape index (κ2) is 6.62. The number of amides is 1. The number of carbonyl (C=O) groups excluding carboxylic acids is 1. The lowest BCUT2D eigenvalue weighted by Gasteiger charge is -2.27. The van der Waals surface area contributed by atoms with Gasteiger partial charge < -0.3 is 10.4 Å². The highest BCUT2D eigenvalue weighted by molar-refractivity contribution is 5.84. The monoisotopic (exact) mass is 241 g/mol. The molecule has 0 aromatic rings. The molecular weight excluding hydrogens is 218 g/mol. The normalized spacial score (nSPS) is 24.6. The lowest BCUT2D eigenvalue weighted by atomic mass is 9.78. The van der Waals surface area contributed by atoms with Crippen LogP contribution in [-0.2, 0) is 9.59 Å².